The molecule has 0 spiro atoms. The van der Waals surface area contributed by atoms with E-state index in [-0.39, 0.29) is 5.97 Å². The van der Waals surface area contributed by atoms with Gasteiger partial charge in [0.05, 0.1) is 0 Å². The van der Waals surface area contributed by atoms with E-state index in [9.17, 15) is 4.79 Å². The van der Waals surface area contributed by atoms with E-state index in [2.05, 4.69) is 26.8 Å². The number of hydrogen-bond acceptors (Lipinski definition) is 2. The SMILES string of the molecule is CC(/C=C/CC(C)CCCC(C)C)=C\C(=O)OCc1ccccc1. The predicted octanol–water partition coefficient (Wildman–Crippen LogP) is 6.08. The van der Waals surface area contributed by atoms with Crippen molar-refractivity contribution >= 4 is 5.97 Å². The molecule has 0 saturated carbocycles. The van der Waals surface area contributed by atoms with Gasteiger partial charge in [0.25, 0.3) is 0 Å². The van der Waals surface area contributed by atoms with Crippen LogP contribution in [0.4, 0.5) is 0 Å². The summed E-state index contributed by atoms with van der Waals surface area (Å²) in [7, 11) is 0. The van der Waals surface area contributed by atoms with E-state index < -0.39 is 0 Å². The van der Waals surface area contributed by atoms with Gasteiger partial charge >= 0.3 is 5.97 Å². The first-order valence-corrected chi connectivity index (χ1v) is 9.03. The van der Waals surface area contributed by atoms with Crippen LogP contribution in [-0.2, 0) is 16.1 Å². The van der Waals surface area contributed by atoms with Gasteiger partial charge in [0.2, 0.25) is 0 Å². The Morgan fingerprint density at radius 1 is 1.12 bits per heavy atom. The Kier molecular flexibility index (Phi) is 9.83. The van der Waals surface area contributed by atoms with Gasteiger partial charge in [-0.3, -0.25) is 0 Å². The van der Waals surface area contributed by atoms with Gasteiger partial charge < -0.3 is 4.74 Å². The Balaban J connectivity index is 2.28. The third-order valence-corrected chi connectivity index (χ3v) is 3.97. The molecule has 1 atom stereocenters. The fourth-order valence-electron chi connectivity index (χ4n) is 2.48. The minimum atomic E-state index is -0.286. The van der Waals surface area contributed by atoms with Crippen molar-refractivity contribution in [1.82, 2.24) is 0 Å². The van der Waals surface area contributed by atoms with E-state index in [1.54, 1.807) is 6.08 Å². The van der Waals surface area contributed by atoms with E-state index in [0.29, 0.717) is 12.5 Å². The van der Waals surface area contributed by atoms with E-state index in [1.807, 2.05) is 43.3 Å². The van der Waals surface area contributed by atoms with Crippen molar-refractivity contribution < 1.29 is 9.53 Å². The summed E-state index contributed by atoms with van der Waals surface area (Å²) in [5.74, 6) is 1.20. The average molecular weight is 328 g/mol. The summed E-state index contributed by atoms with van der Waals surface area (Å²) in [4.78, 5) is 11.8. The highest BCUT2D eigenvalue weighted by atomic mass is 16.5. The third-order valence-electron chi connectivity index (χ3n) is 3.97. The highest BCUT2D eigenvalue weighted by Gasteiger charge is 2.02. The fourth-order valence-corrected chi connectivity index (χ4v) is 2.48. The summed E-state index contributed by atoms with van der Waals surface area (Å²) < 4.78 is 5.25. The zero-order chi connectivity index (χ0) is 17.8. The van der Waals surface area contributed by atoms with Gasteiger partial charge in [0.15, 0.2) is 0 Å². The molecule has 0 heterocycles. The Morgan fingerprint density at radius 2 is 1.83 bits per heavy atom. The zero-order valence-electron chi connectivity index (χ0n) is 15.6. The van der Waals surface area contributed by atoms with Crippen molar-refractivity contribution in [2.75, 3.05) is 0 Å². The lowest BCUT2D eigenvalue weighted by molar-refractivity contribution is -0.139. The van der Waals surface area contributed by atoms with Crippen molar-refractivity contribution in [2.24, 2.45) is 11.8 Å². The maximum atomic E-state index is 11.8. The van der Waals surface area contributed by atoms with E-state index in [1.165, 1.54) is 19.3 Å². The van der Waals surface area contributed by atoms with Crippen molar-refractivity contribution in [2.45, 2.75) is 60.0 Å². The van der Waals surface area contributed by atoms with Crippen molar-refractivity contribution in [3.05, 3.63) is 59.7 Å². The first kappa shape index (κ1) is 20.2. The molecule has 0 N–H and O–H groups in total. The third kappa shape index (κ3) is 10.0. The lowest BCUT2D eigenvalue weighted by Gasteiger charge is -2.09. The fraction of sp³-hybridized carbons (Fsp3) is 0.500. The normalized spacial score (nSPS) is 13.5. The molecule has 1 unspecified atom stereocenters. The van der Waals surface area contributed by atoms with Crippen LogP contribution in [0.15, 0.2) is 54.1 Å². The summed E-state index contributed by atoms with van der Waals surface area (Å²) in [6, 6.07) is 9.73. The molecular weight excluding hydrogens is 296 g/mol. The molecule has 0 saturated heterocycles. The second-order valence-corrected chi connectivity index (χ2v) is 7.05. The molecular formula is C22H32O2. The quantitative estimate of drug-likeness (QED) is 0.295. The second-order valence-electron chi connectivity index (χ2n) is 7.05. The van der Waals surface area contributed by atoms with Gasteiger partial charge in [0, 0.05) is 6.08 Å². The monoisotopic (exact) mass is 328 g/mol. The lowest BCUT2D eigenvalue weighted by atomic mass is 9.97. The molecule has 0 aliphatic rings. The number of benzene rings is 1. The summed E-state index contributed by atoms with van der Waals surface area (Å²) in [6.07, 6.45) is 10.7. The van der Waals surface area contributed by atoms with Gasteiger partial charge in [-0.2, -0.15) is 0 Å². The lowest BCUT2D eigenvalue weighted by Crippen LogP contribution is -2.01. The highest BCUT2D eigenvalue weighted by Crippen LogP contribution is 2.16. The van der Waals surface area contributed by atoms with Crippen LogP contribution >= 0.6 is 0 Å². The molecule has 2 nitrogen and oxygen atoms in total. The Morgan fingerprint density at radius 3 is 2.50 bits per heavy atom. The average Bonchev–Trinajstić information content (AvgIpc) is 2.53. The minimum absolute atomic E-state index is 0.286. The number of hydrogen-bond donors (Lipinski definition) is 0. The number of carbonyl (C=O) groups is 1. The molecule has 0 aliphatic heterocycles. The molecule has 0 aliphatic carbocycles. The van der Waals surface area contributed by atoms with Gasteiger partial charge in [-0.15, -0.1) is 0 Å². The summed E-state index contributed by atoms with van der Waals surface area (Å²) in [5, 5.41) is 0. The number of rotatable bonds is 10. The molecule has 1 aromatic carbocycles. The molecule has 2 heteroatoms. The predicted molar refractivity (Wildman–Crippen MR) is 102 cm³/mol. The van der Waals surface area contributed by atoms with Crippen LogP contribution in [-0.4, -0.2) is 5.97 Å². The molecule has 1 aromatic rings. The molecule has 1 rings (SSSR count). The van der Waals surface area contributed by atoms with Crippen molar-refractivity contribution in [3.63, 3.8) is 0 Å². The van der Waals surface area contributed by atoms with E-state index >= 15 is 0 Å². The van der Waals surface area contributed by atoms with Crippen LogP contribution in [0, 0.1) is 11.8 Å². The summed E-state index contributed by atoms with van der Waals surface area (Å²) in [5.41, 5.74) is 1.94. The summed E-state index contributed by atoms with van der Waals surface area (Å²) in [6.45, 7) is 9.09. The van der Waals surface area contributed by atoms with Gasteiger partial charge in [0.1, 0.15) is 6.61 Å². The molecule has 0 bridgehead atoms. The number of esters is 1. The van der Waals surface area contributed by atoms with Crippen LogP contribution in [0.1, 0.15) is 58.9 Å². The maximum Gasteiger partial charge on any atom is 0.331 e. The second kappa shape index (κ2) is 11.7. The molecule has 0 aromatic heterocycles. The first-order valence-electron chi connectivity index (χ1n) is 9.03. The Hall–Kier alpha value is -1.83. The van der Waals surface area contributed by atoms with Gasteiger partial charge in [-0.25, -0.2) is 4.79 Å². The molecule has 0 amide bonds. The van der Waals surface area contributed by atoms with Crippen LogP contribution in [0.2, 0.25) is 0 Å². The van der Waals surface area contributed by atoms with Crippen LogP contribution < -0.4 is 0 Å². The number of allylic oxidation sites excluding steroid dienone is 3. The Labute approximate surface area is 147 Å². The topological polar surface area (TPSA) is 26.3 Å². The molecule has 0 fully saturated rings. The molecule has 24 heavy (non-hydrogen) atoms. The van der Waals surface area contributed by atoms with Gasteiger partial charge in [-0.05, 0) is 36.3 Å². The van der Waals surface area contributed by atoms with E-state index in [4.69, 9.17) is 4.74 Å². The Bertz CT molecular complexity index is 526. The standard InChI is InChI=1S/C22H32O2/c1-18(2)10-8-11-19(3)12-9-13-20(4)16-22(23)24-17-21-14-6-5-7-15-21/h5-7,9,13-16,18-19H,8,10-12,17H2,1-4H3/b13-9+,20-16+. The smallest absolute Gasteiger partial charge is 0.331 e. The van der Waals surface area contributed by atoms with Gasteiger partial charge in [-0.1, -0.05) is 82.5 Å². The van der Waals surface area contributed by atoms with Crippen LogP contribution in [0.5, 0.6) is 0 Å². The largest absolute Gasteiger partial charge is 0.458 e. The molecule has 0 radical (unpaired) electrons. The zero-order valence-corrected chi connectivity index (χ0v) is 15.6. The van der Waals surface area contributed by atoms with E-state index in [0.717, 1.165) is 23.5 Å². The summed E-state index contributed by atoms with van der Waals surface area (Å²) >= 11 is 0. The molecule has 132 valence electrons. The first-order chi connectivity index (χ1) is 11.5. The highest BCUT2D eigenvalue weighted by molar-refractivity contribution is 5.83. The van der Waals surface area contributed by atoms with Crippen molar-refractivity contribution in [1.29, 1.82) is 0 Å². The number of carbonyl (C=O) groups excluding carboxylic acids is 1. The maximum absolute atomic E-state index is 11.8. The van der Waals surface area contributed by atoms with Crippen molar-refractivity contribution in [3.8, 4) is 0 Å². The van der Waals surface area contributed by atoms with Crippen LogP contribution in [0.25, 0.3) is 0 Å². The minimum Gasteiger partial charge on any atom is -0.458 e. The number of ether oxygens (including phenoxy) is 1. The van der Waals surface area contributed by atoms with Crippen LogP contribution in [0.3, 0.4) is 0 Å².